The second kappa shape index (κ2) is 5.57. The zero-order valence-electron chi connectivity index (χ0n) is 10.3. The van der Waals surface area contributed by atoms with Crippen LogP contribution in [0.2, 0.25) is 0 Å². The number of hydrogen-bond acceptors (Lipinski definition) is 7. The Morgan fingerprint density at radius 2 is 2.21 bits per heavy atom. The Bertz CT molecular complexity index is 637. The van der Waals surface area contributed by atoms with Crippen molar-refractivity contribution in [2.45, 2.75) is 6.92 Å². The van der Waals surface area contributed by atoms with Gasteiger partial charge in [0.15, 0.2) is 17.8 Å². The van der Waals surface area contributed by atoms with Crippen LogP contribution in [-0.4, -0.2) is 23.5 Å². The Hall–Kier alpha value is -2.28. The fraction of sp³-hybridized carbons (Fsp3) is 0.167. The lowest BCUT2D eigenvalue weighted by atomic mass is 10.2. The molecule has 0 aliphatic heterocycles. The number of azo groups is 1. The van der Waals surface area contributed by atoms with Crippen LogP contribution < -0.4 is 4.74 Å². The van der Waals surface area contributed by atoms with Gasteiger partial charge < -0.3 is 9.84 Å². The predicted octanol–water partition coefficient (Wildman–Crippen LogP) is 3.39. The average molecular weight is 277 g/mol. The summed E-state index contributed by atoms with van der Waals surface area (Å²) in [6.45, 7) is 1.92. The number of aromatic hydroxyl groups is 1. The van der Waals surface area contributed by atoms with Gasteiger partial charge in [-0.05, 0) is 13.0 Å². The van der Waals surface area contributed by atoms with Crippen LogP contribution in [0.5, 0.6) is 11.5 Å². The maximum absolute atomic E-state index is 10.8. The molecule has 0 bridgehead atoms. The monoisotopic (exact) mass is 277 g/mol. The number of phenolic OH excluding ortho intramolecular Hbond substituents is 1. The highest BCUT2D eigenvalue weighted by molar-refractivity contribution is 7.15. The van der Waals surface area contributed by atoms with E-state index in [1.807, 2.05) is 6.92 Å². The highest BCUT2D eigenvalue weighted by Crippen LogP contribution is 2.34. The molecular weight excluding hydrogens is 266 g/mol. The lowest BCUT2D eigenvalue weighted by Gasteiger charge is -2.05. The topological polar surface area (TPSA) is 84.1 Å². The minimum absolute atomic E-state index is 0.101. The number of methoxy groups -OCH3 is 1. The third-order valence-corrected chi connectivity index (χ3v) is 3.09. The molecule has 0 unspecified atom stereocenters. The van der Waals surface area contributed by atoms with E-state index < -0.39 is 0 Å². The van der Waals surface area contributed by atoms with Crippen LogP contribution in [-0.2, 0) is 0 Å². The van der Waals surface area contributed by atoms with Crippen LogP contribution in [0.15, 0.2) is 28.6 Å². The van der Waals surface area contributed by atoms with E-state index in [0.29, 0.717) is 17.1 Å². The Morgan fingerprint density at radius 3 is 2.79 bits per heavy atom. The van der Waals surface area contributed by atoms with E-state index >= 15 is 0 Å². The highest BCUT2D eigenvalue weighted by Gasteiger charge is 2.09. The minimum atomic E-state index is -0.207. The predicted molar refractivity (Wildman–Crippen MR) is 71.1 cm³/mol. The van der Waals surface area contributed by atoms with Gasteiger partial charge in [-0.25, -0.2) is 4.98 Å². The standard InChI is InChI=1S/C12H11N3O3S/c1-7-5-13-12(19-7)15-14-9-3-8(6-16)11(17)10(4-9)18-2/h3-6,17H,1-2H3. The maximum atomic E-state index is 10.8. The second-order valence-corrected chi connectivity index (χ2v) is 4.87. The smallest absolute Gasteiger partial charge is 0.230 e. The van der Waals surface area contributed by atoms with Crippen molar-refractivity contribution in [1.82, 2.24) is 4.98 Å². The van der Waals surface area contributed by atoms with Crippen molar-refractivity contribution in [2.24, 2.45) is 10.2 Å². The van der Waals surface area contributed by atoms with Gasteiger partial charge in [-0.2, -0.15) is 0 Å². The molecule has 0 saturated carbocycles. The van der Waals surface area contributed by atoms with Crippen molar-refractivity contribution in [3.63, 3.8) is 0 Å². The van der Waals surface area contributed by atoms with Crippen LogP contribution in [0.4, 0.5) is 10.8 Å². The first-order valence-electron chi connectivity index (χ1n) is 5.34. The number of hydrogen-bond donors (Lipinski definition) is 1. The number of ether oxygens (including phenoxy) is 1. The molecule has 0 atom stereocenters. The first kappa shape index (κ1) is 13.2. The first-order valence-corrected chi connectivity index (χ1v) is 6.16. The fourth-order valence-corrected chi connectivity index (χ4v) is 1.99. The summed E-state index contributed by atoms with van der Waals surface area (Å²) < 4.78 is 4.96. The molecule has 1 aromatic carbocycles. The van der Waals surface area contributed by atoms with Crippen LogP contribution >= 0.6 is 11.3 Å². The molecule has 7 heteroatoms. The minimum Gasteiger partial charge on any atom is -0.504 e. The lowest BCUT2D eigenvalue weighted by Crippen LogP contribution is -1.88. The van der Waals surface area contributed by atoms with Gasteiger partial charge in [0.2, 0.25) is 5.13 Å². The second-order valence-electron chi connectivity index (χ2n) is 3.66. The van der Waals surface area contributed by atoms with Gasteiger partial charge in [0.05, 0.1) is 18.4 Å². The molecular formula is C12H11N3O3S. The molecule has 6 nitrogen and oxygen atoms in total. The zero-order valence-corrected chi connectivity index (χ0v) is 11.1. The van der Waals surface area contributed by atoms with Gasteiger partial charge >= 0.3 is 0 Å². The van der Waals surface area contributed by atoms with E-state index in [0.717, 1.165) is 4.88 Å². The van der Waals surface area contributed by atoms with E-state index in [9.17, 15) is 9.90 Å². The van der Waals surface area contributed by atoms with E-state index in [1.54, 1.807) is 6.20 Å². The third-order valence-electron chi connectivity index (χ3n) is 2.30. The summed E-state index contributed by atoms with van der Waals surface area (Å²) in [5.74, 6) is -0.0320. The van der Waals surface area contributed by atoms with Crippen LogP contribution in [0, 0.1) is 6.92 Å². The van der Waals surface area contributed by atoms with Crippen molar-refractivity contribution in [2.75, 3.05) is 7.11 Å². The molecule has 19 heavy (non-hydrogen) atoms. The number of rotatable bonds is 4. The number of carbonyl (C=O) groups is 1. The van der Waals surface area contributed by atoms with Crippen LogP contribution in [0.1, 0.15) is 15.2 Å². The molecule has 0 amide bonds. The van der Waals surface area contributed by atoms with Crippen molar-refractivity contribution >= 4 is 28.4 Å². The summed E-state index contributed by atoms with van der Waals surface area (Å²) >= 11 is 1.41. The molecule has 98 valence electrons. The average Bonchev–Trinajstić information content (AvgIpc) is 2.83. The molecule has 2 aromatic rings. The van der Waals surface area contributed by atoms with Gasteiger partial charge in [-0.1, -0.05) is 11.3 Å². The van der Waals surface area contributed by atoms with E-state index in [-0.39, 0.29) is 17.1 Å². The van der Waals surface area contributed by atoms with Gasteiger partial charge in [-0.15, -0.1) is 10.2 Å². The fourth-order valence-electron chi connectivity index (χ4n) is 1.41. The normalized spacial score (nSPS) is 10.8. The molecule has 0 aliphatic rings. The molecule has 1 aromatic heterocycles. The molecule has 0 spiro atoms. The quantitative estimate of drug-likeness (QED) is 0.685. The Morgan fingerprint density at radius 1 is 1.42 bits per heavy atom. The van der Waals surface area contributed by atoms with Crippen LogP contribution in [0.25, 0.3) is 0 Å². The Balaban J connectivity index is 2.34. The lowest BCUT2D eigenvalue weighted by molar-refractivity contribution is 0.112. The van der Waals surface area contributed by atoms with Gasteiger partial charge in [0, 0.05) is 17.1 Å². The van der Waals surface area contributed by atoms with Crippen LogP contribution in [0.3, 0.4) is 0 Å². The SMILES string of the molecule is COc1cc(N=Nc2ncc(C)s2)cc(C=O)c1O. The number of benzene rings is 1. The summed E-state index contributed by atoms with van der Waals surface area (Å²) in [5, 5.41) is 18.1. The Labute approximate surface area is 113 Å². The molecule has 1 N–H and O–H groups in total. The van der Waals surface area contributed by atoms with Crippen molar-refractivity contribution in [3.05, 3.63) is 28.8 Å². The number of aryl methyl sites for hydroxylation is 1. The van der Waals surface area contributed by atoms with Crippen molar-refractivity contribution < 1.29 is 14.6 Å². The number of aldehydes is 1. The summed E-state index contributed by atoms with van der Waals surface area (Å²) in [4.78, 5) is 15.9. The summed E-state index contributed by atoms with van der Waals surface area (Å²) in [5.41, 5.74) is 0.508. The number of phenols is 1. The van der Waals surface area contributed by atoms with E-state index in [1.165, 1.54) is 30.6 Å². The maximum Gasteiger partial charge on any atom is 0.230 e. The molecule has 0 saturated heterocycles. The molecule has 1 heterocycles. The number of thiazole rings is 1. The van der Waals surface area contributed by atoms with Gasteiger partial charge in [-0.3, -0.25) is 4.79 Å². The first-order chi connectivity index (χ1) is 9.13. The van der Waals surface area contributed by atoms with Gasteiger partial charge in [0.1, 0.15) is 0 Å². The highest BCUT2D eigenvalue weighted by atomic mass is 32.1. The van der Waals surface area contributed by atoms with E-state index in [4.69, 9.17) is 4.74 Å². The molecule has 2 rings (SSSR count). The molecule has 0 radical (unpaired) electrons. The van der Waals surface area contributed by atoms with Gasteiger partial charge in [0.25, 0.3) is 0 Å². The number of carbonyl (C=O) groups excluding carboxylic acids is 1. The summed E-state index contributed by atoms with van der Waals surface area (Å²) in [6.07, 6.45) is 2.23. The third kappa shape index (κ3) is 2.94. The zero-order chi connectivity index (χ0) is 13.8. The molecule has 0 fully saturated rings. The largest absolute Gasteiger partial charge is 0.504 e. The van der Waals surface area contributed by atoms with E-state index in [2.05, 4.69) is 15.2 Å². The number of aromatic nitrogens is 1. The Kier molecular flexibility index (Phi) is 3.86. The number of nitrogens with zero attached hydrogens (tertiary/aromatic N) is 3. The summed E-state index contributed by atoms with van der Waals surface area (Å²) in [7, 11) is 1.40. The molecule has 0 aliphatic carbocycles. The summed E-state index contributed by atoms with van der Waals surface area (Å²) in [6, 6.07) is 2.92. The van der Waals surface area contributed by atoms with Crippen molar-refractivity contribution in [3.8, 4) is 11.5 Å². The van der Waals surface area contributed by atoms with Crippen molar-refractivity contribution in [1.29, 1.82) is 0 Å².